The summed E-state index contributed by atoms with van der Waals surface area (Å²) in [6.45, 7) is 3.90. The maximum atomic E-state index is 14.0. The molecule has 1 aromatic rings. The average Bonchev–Trinajstić information content (AvgIpc) is 3.24. The van der Waals surface area contributed by atoms with Crippen LogP contribution < -0.4 is 0 Å². The number of aliphatic hydroxyl groups excluding tert-OH is 1. The molecule has 2 N–H and O–H groups in total. The van der Waals surface area contributed by atoms with Gasteiger partial charge in [0, 0.05) is 30.7 Å². The van der Waals surface area contributed by atoms with E-state index in [9.17, 15) is 23.5 Å². The summed E-state index contributed by atoms with van der Waals surface area (Å²) in [7, 11) is 0. The van der Waals surface area contributed by atoms with E-state index in [0.717, 1.165) is 27.5 Å². The van der Waals surface area contributed by atoms with Crippen LogP contribution in [-0.4, -0.2) is 51.6 Å². The number of thiophene rings is 1. The van der Waals surface area contributed by atoms with Crippen molar-refractivity contribution in [2.45, 2.75) is 64.0 Å². The number of carboxylic acid groups (broad SMARTS) is 1. The number of likely N-dealkylation sites (tertiary alicyclic amines) is 1. The van der Waals surface area contributed by atoms with E-state index in [2.05, 4.69) is 11.8 Å². The standard InChI is InChI=1S/C22H27F2NO4S/c1-3-4-5-7-15(2)18(26)11-9-16-14-22(23,24)21(29)25(16)13-6-8-17-10-12-19(30-17)20(27)28/h9-12,15-16,18,26H,3,6-8,13-14H2,1-2H3,(H,27,28)/b11-9+. The normalized spacial score (nSPS) is 20.2. The van der Waals surface area contributed by atoms with Gasteiger partial charge in [0.25, 0.3) is 5.91 Å². The fraction of sp³-hybridized carbons (Fsp3) is 0.545. The van der Waals surface area contributed by atoms with Gasteiger partial charge in [-0.2, -0.15) is 8.78 Å². The molecule has 8 heteroatoms. The van der Waals surface area contributed by atoms with Crippen molar-refractivity contribution in [3.05, 3.63) is 34.0 Å². The summed E-state index contributed by atoms with van der Waals surface area (Å²) < 4.78 is 28.0. The molecule has 0 aromatic carbocycles. The third-order valence-electron chi connectivity index (χ3n) is 4.97. The van der Waals surface area contributed by atoms with Crippen molar-refractivity contribution in [3.8, 4) is 11.8 Å². The van der Waals surface area contributed by atoms with Gasteiger partial charge in [0.1, 0.15) is 4.88 Å². The van der Waals surface area contributed by atoms with Crippen LogP contribution in [-0.2, 0) is 11.2 Å². The molecule has 30 heavy (non-hydrogen) atoms. The van der Waals surface area contributed by atoms with E-state index >= 15 is 0 Å². The van der Waals surface area contributed by atoms with Crippen LogP contribution in [0.1, 0.15) is 54.1 Å². The van der Waals surface area contributed by atoms with Gasteiger partial charge in [-0.05, 0) is 30.9 Å². The first-order valence-electron chi connectivity index (χ1n) is 9.98. The molecule has 1 aliphatic rings. The molecule has 164 valence electrons. The zero-order valence-electron chi connectivity index (χ0n) is 17.1. The second-order valence-corrected chi connectivity index (χ2v) is 8.58. The fourth-order valence-corrected chi connectivity index (χ4v) is 4.11. The first-order valence-corrected chi connectivity index (χ1v) is 10.8. The molecule has 2 heterocycles. The molecule has 1 saturated heterocycles. The summed E-state index contributed by atoms with van der Waals surface area (Å²) in [6, 6.07) is 2.43. The maximum Gasteiger partial charge on any atom is 0.345 e. The Labute approximate surface area is 179 Å². The van der Waals surface area contributed by atoms with E-state index in [1.165, 1.54) is 18.2 Å². The van der Waals surface area contributed by atoms with Crippen LogP contribution in [0.3, 0.4) is 0 Å². The molecule has 0 radical (unpaired) electrons. The number of amides is 1. The third-order valence-corrected chi connectivity index (χ3v) is 6.11. The molecule has 1 amide bonds. The number of nitrogens with zero attached hydrogens (tertiary/aromatic N) is 1. The highest BCUT2D eigenvalue weighted by Gasteiger charge is 2.52. The molecule has 5 nitrogen and oxygen atoms in total. The zero-order valence-corrected chi connectivity index (χ0v) is 17.9. The quantitative estimate of drug-likeness (QED) is 0.451. The Balaban J connectivity index is 1.97. The minimum absolute atomic E-state index is 0.136. The Bertz CT molecular complexity index is 840. The second-order valence-electron chi connectivity index (χ2n) is 7.41. The van der Waals surface area contributed by atoms with Crippen LogP contribution >= 0.6 is 11.3 Å². The Morgan fingerprint density at radius 3 is 2.80 bits per heavy atom. The lowest BCUT2D eigenvalue weighted by atomic mass is 9.99. The fourth-order valence-electron chi connectivity index (χ4n) is 3.22. The van der Waals surface area contributed by atoms with E-state index in [-0.39, 0.29) is 17.3 Å². The molecule has 2 rings (SSSR count). The molecule has 3 atom stereocenters. The minimum Gasteiger partial charge on any atom is -0.477 e. The first-order chi connectivity index (χ1) is 14.2. The summed E-state index contributed by atoms with van der Waals surface area (Å²) in [6.07, 6.45) is 3.70. The Morgan fingerprint density at radius 2 is 2.17 bits per heavy atom. The summed E-state index contributed by atoms with van der Waals surface area (Å²) in [5.74, 6) is 0.123. The maximum absolute atomic E-state index is 14.0. The molecule has 0 aliphatic carbocycles. The summed E-state index contributed by atoms with van der Waals surface area (Å²) >= 11 is 1.14. The number of carboxylic acids is 1. The highest BCUT2D eigenvalue weighted by Crippen LogP contribution is 2.34. The average molecular weight is 440 g/mol. The second kappa shape index (κ2) is 10.7. The Morgan fingerprint density at radius 1 is 1.43 bits per heavy atom. The van der Waals surface area contributed by atoms with Gasteiger partial charge < -0.3 is 15.1 Å². The van der Waals surface area contributed by atoms with E-state index in [0.29, 0.717) is 19.3 Å². The van der Waals surface area contributed by atoms with Crippen LogP contribution in [0.15, 0.2) is 24.3 Å². The van der Waals surface area contributed by atoms with Gasteiger partial charge in [0.05, 0.1) is 12.1 Å². The van der Waals surface area contributed by atoms with Crippen molar-refractivity contribution in [2.24, 2.45) is 5.92 Å². The monoisotopic (exact) mass is 439 g/mol. The van der Waals surface area contributed by atoms with Crippen LogP contribution in [0.5, 0.6) is 0 Å². The molecule has 1 aliphatic heterocycles. The highest BCUT2D eigenvalue weighted by molar-refractivity contribution is 7.13. The topological polar surface area (TPSA) is 77.8 Å². The van der Waals surface area contributed by atoms with Crippen molar-refractivity contribution < 1.29 is 28.6 Å². The number of carbonyl (C=O) groups excluding carboxylic acids is 1. The number of hydrogen-bond donors (Lipinski definition) is 2. The number of aliphatic hydroxyl groups is 1. The van der Waals surface area contributed by atoms with E-state index in [1.54, 1.807) is 6.07 Å². The van der Waals surface area contributed by atoms with Crippen molar-refractivity contribution in [3.63, 3.8) is 0 Å². The predicted molar refractivity (Wildman–Crippen MR) is 112 cm³/mol. The summed E-state index contributed by atoms with van der Waals surface area (Å²) in [5.41, 5.74) is 0. The molecular formula is C22H27F2NO4S. The third kappa shape index (κ3) is 6.38. The zero-order chi connectivity index (χ0) is 22.3. The lowest BCUT2D eigenvalue weighted by Crippen LogP contribution is -2.36. The number of alkyl halides is 2. The van der Waals surface area contributed by atoms with E-state index < -0.39 is 36.4 Å². The van der Waals surface area contributed by atoms with Gasteiger partial charge >= 0.3 is 11.9 Å². The van der Waals surface area contributed by atoms with Crippen molar-refractivity contribution in [2.75, 3.05) is 6.54 Å². The van der Waals surface area contributed by atoms with Gasteiger partial charge in [-0.25, -0.2) is 4.79 Å². The van der Waals surface area contributed by atoms with Gasteiger partial charge in [0.2, 0.25) is 0 Å². The lowest BCUT2D eigenvalue weighted by Gasteiger charge is -2.22. The van der Waals surface area contributed by atoms with E-state index in [4.69, 9.17) is 5.11 Å². The lowest BCUT2D eigenvalue weighted by molar-refractivity contribution is -0.148. The Hall–Kier alpha value is -2.24. The molecule has 3 unspecified atom stereocenters. The molecule has 0 bridgehead atoms. The highest BCUT2D eigenvalue weighted by atomic mass is 32.1. The molecule has 1 fully saturated rings. The van der Waals surface area contributed by atoms with Gasteiger partial charge in [-0.15, -0.1) is 23.2 Å². The van der Waals surface area contributed by atoms with Crippen LogP contribution in [0.2, 0.25) is 0 Å². The van der Waals surface area contributed by atoms with Gasteiger partial charge in [-0.1, -0.05) is 26.0 Å². The van der Waals surface area contributed by atoms with Crippen molar-refractivity contribution in [1.29, 1.82) is 0 Å². The molecule has 0 saturated carbocycles. The summed E-state index contributed by atoms with van der Waals surface area (Å²) in [5, 5.41) is 19.2. The largest absolute Gasteiger partial charge is 0.477 e. The van der Waals surface area contributed by atoms with Gasteiger partial charge in [0.15, 0.2) is 0 Å². The first kappa shape index (κ1) is 24.0. The number of rotatable bonds is 9. The number of aromatic carboxylic acids is 1. The van der Waals surface area contributed by atoms with Crippen molar-refractivity contribution >= 4 is 23.2 Å². The van der Waals surface area contributed by atoms with Crippen LogP contribution in [0.25, 0.3) is 0 Å². The molecule has 0 spiro atoms. The van der Waals surface area contributed by atoms with Crippen LogP contribution in [0.4, 0.5) is 8.78 Å². The smallest absolute Gasteiger partial charge is 0.345 e. The van der Waals surface area contributed by atoms with Crippen molar-refractivity contribution in [1.82, 2.24) is 4.90 Å². The number of hydrogen-bond acceptors (Lipinski definition) is 4. The molecule has 1 aromatic heterocycles. The number of carbonyl (C=O) groups is 2. The van der Waals surface area contributed by atoms with Gasteiger partial charge in [-0.3, -0.25) is 4.79 Å². The number of halogens is 2. The minimum atomic E-state index is -3.42. The SMILES string of the molecule is CCC#CCC(C)C(O)/C=C/C1CC(F)(F)C(=O)N1CCCc1ccc(C(=O)O)s1. The Kier molecular flexibility index (Phi) is 8.56. The molecular weight excluding hydrogens is 412 g/mol. The summed E-state index contributed by atoms with van der Waals surface area (Å²) in [4.78, 5) is 25.3. The van der Waals surface area contributed by atoms with Crippen LogP contribution in [0, 0.1) is 17.8 Å². The predicted octanol–water partition coefficient (Wildman–Crippen LogP) is 3.97. The number of aryl methyl sites for hydroxylation is 1. The van der Waals surface area contributed by atoms with E-state index in [1.807, 2.05) is 13.8 Å².